The van der Waals surface area contributed by atoms with Crippen molar-refractivity contribution >= 4 is 21.6 Å². The SMILES string of the molecule is CC(C)NC(=O)C1=NS(=O)(=O)c2ccccc21. The van der Waals surface area contributed by atoms with Crippen molar-refractivity contribution in [2.45, 2.75) is 24.8 Å². The summed E-state index contributed by atoms with van der Waals surface area (Å²) in [7, 11) is -3.71. The molecule has 2 rings (SSSR count). The average molecular weight is 252 g/mol. The standard InChI is InChI=1S/C11H12N2O3S/c1-7(2)12-11(14)10-8-5-3-4-6-9(8)17(15,16)13-10/h3-7H,1-2H3,(H,12,14). The van der Waals surface area contributed by atoms with Gasteiger partial charge in [-0.25, -0.2) is 0 Å². The van der Waals surface area contributed by atoms with Gasteiger partial charge < -0.3 is 5.32 Å². The number of nitrogens with zero attached hydrogens (tertiary/aromatic N) is 1. The van der Waals surface area contributed by atoms with Crippen LogP contribution in [0.25, 0.3) is 0 Å². The van der Waals surface area contributed by atoms with Gasteiger partial charge >= 0.3 is 0 Å². The van der Waals surface area contributed by atoms with Gasteiger partial charge in [0.15, 0.2) is 0 Å². The smallest absolute Gasteiger partial charge is 0.283 e. The zero-order valence-corrected chi connectivity index (χ0v) is 10.3. The molecule has 0 fully saturated rings. The first-order valence-corrected chi connectivity index (χ1v) is 6.61. The maximum absolute atomic E-state index is 11.8. The molecule has 0 aliphatic carbocycles. The maximum atomic E-state index is 11.8. The minimum absolute atomic E-state index is 0.0331. The molecule has 0 unspecified atom stereocenters. The first-order chi connectivity index (χ1) is 7.92. The Morgan fingerprint density at radius 1 is 1.29 bits per heavy atom. The van der Waals surface area contributed by atoms with Crippen LogP contribution in [0.2, 0.25) is 0 Å². The molecule has 5 nitrogen and oxygen atoms in total. The van der Waals surface area contributed by atoms with Crippen molar-refractivity contribution in [2.75, 3.05) is 0 Å². The molecule has 6 heteroatoms. The third kappa shape index (κ3) is 2.08. The number of nitrogens with one attached hydrogen (secondary N) is 1. The highest BCUT2D eigenvalue weighted by Crippen LogP contribution is 2.25. The van der Waals surface area contributed by atoms with E-state index >= 15 is 0 Å². The summed E-state index contributed by atoms with van der Waals surface area (Å²) in [5.41, 5.74) is 0.333. The van der Waals surface area contributed by atoms with E-state index in [9.17, 15) is 13.2 Å². The minimum atomic E-state index is -3.71. The Morgan fingerprint density at radius 2 is 1.94 bits per heavy atom. The van der Waals surface area contributed by atoms with Crippen molar-refractivity contribution < 1.29 is 13.2 Å². The maximum Gasteiger partial charge on any atom is 0.283 e. The van der Waals surface area contributed by atoms with Crippen LogP contribution in [0.15, 0.2) is 33.6 Å². The van der Waals surface area contributed by atoms with Crippen LogP contribution in [0.3, 0.4) is 0 Å². The number of hydrogen-bond acceptors (Lipinski definition) is 3. The van der Waals surface area contributed by atoms with E-state index in [0.29, 0.717) is 5.56 Å². The Hall–Kier alpha value is -1.69. The van der Waals surface area contributed by atoms with Gasteiger partial charge in [-0.05, 0) is 19.9 Å². The van der Waals surface area contributed by atoms with Crippen molar-refractivity contribution in [1.82, 2.24) is 5.32 Å². The lowest BCUT2D eigenvalue weighted by Gasteiger charge is -2.07. The number of benzene rings is 1. The summed E-state index contributed by atoms with van der Waals surface area (Å²) in [4.78, 5) is 11.9. The molecule has 1 heterocycles. The van der Waals surface area contributed by atoms with Gasteiger partial charge in [-0.1, -0.05) is 18.2 Å². The molecule has 1 amide bonds. The van der Waals surface area contributed by atoms with Gasteiger partial charge in [0, 0.05) is 11.6 Å². The summed E-state index contributed by atoms with van der Waals surface area (Å²) in [6.07, 6.45) is 0. The molecule has 0 saturated heterocycles. The molecule has 1 aromatic carbocycles. The van der Waals surface area contributed by atoms with Crippen LogP contribution in [-0.2, 0) is 14.8 Å². The molecule has 0 atom stereocenters. The van der Waals surface area contributed by atoms with Crippen LogP contribution in [0.5, 0.6) is 0 Å². The molecule has 1 N–H and O–H groups in total. The van der Waals surface area contributed by atoms with Crippen molar-refractivity contribution in [3.63, 3.8) is 0 Å². The van der Waals surface area contributed by atoms with Gasteiger partial charge in [0.05, 0.1) is 4.90 Å². The van der Waals surface area contributed by atoms with Gasteiger partial charge in [0.25, 0.3) is 15.9 Å². The molecule has 0 spiro atoms. The van der Waals surface area contributed by atoms with E-state index < -0.39 is 15.9 Å². The van der Waals surface area contributed by atoms with Crippen molar-refractivity contribution in [3.8, 4) is 0 Å². The largest absolute Gasteiger partial charge is 0.348 e. The molecule has 0 bridgehead atoms. The zero-order chi connectivity index (χ0) is 12.6. The summed E-state index contributed by atoms with van der Waals surface area (Å²) in [6, 6.07) is 6.25. The second kappa shape index (κ2) is 3.96. The van der Waals surface area contributed by atoms with E-state index in [4.69, 9.17) is 0 Å². The molecule has 1 aliphatic rings. The van der Waals surface area contributed by atoms with Crippen LogP contribution in [0.4, 0.5) is 0 Å². The van der Waals surface area contributed by atoms with Gasteiger partial charge in [0.2, 0.25) is 0 Å². The fourth-order valence-electron chi connectivity index (χ4n) is 1.60. The molecule has 0 aromatic heterocycles. The van der Waals surface area contributed by atoms with E-state index in [0.717, 1.165) is 0 Å². The number of carbonyl (C=O) groups excluding carboxylic acids is 1. The third-order valence-electron chi connectivity index (χ3n) is 2.27. The Morgan fingerprint density at radius 3 is 2.59 bits per heavy atom. The van der Waals surface area contributed by atoms with Crippen LogP contribution in [0.1, 0.15) is 19.4 Å². The number of fused-ring (bicyclic) bond motifs is 1. The Balaban J connectivity index is 2.49. The fraction of sp³-hybridized carbons (Fsp3) is 0.273. The molecular formula is C11H12N2O3S. The molecule has 17 heavy (non-hydrogen) atoms. The molecular weight excluding hydrogens is 240 g/mol. The quantitative estimate of drug-likeness (QED) is 0.842. The van der Waals surface area contributed by atoms with Crippen LogP contribution in [-0.4, -0.2) is 26.1 Å². The number of rotatable bonds is 2. The number of hydrogen-bond donors (Lipinski definition) is 1. The first-order valence-electron chi connectivity index (χ1n) is 5.17. The van der Waals surface area contributed by atoms with E-state index in [2.05, 4.69) is 9.71 Å². The van der Waals surface area contributed by atoms with Crippen LogP contribution in [0, 0.1) is 0 Å². The summed E-state index contributed by atoms with van der Waals surface area (Å²) in [5.74, 6) is -0.464. The summed E-state index contributed by atoms with van der Waals surface area (Å²) in [6.45, 7) is 3.60. The van der Waals surface area contributed by atoms with E-state index in [1.165, 1.54) is 6.07 Å². The van der Waals surface area contributed by atoms with Gasteiger partial charge in [-0.3, -0.25) is 4.79 Å². The highest BCUT2D eigenvalue weighted by Gasteiger charge is 2.32. The lowest BCUT2D eigenvalue weighted by atomic mass is 10.1. The molecule has 0 radical (unpaired) electrons. The Kier molecular flexibility index (Phi) is 2.74. The summed E-state index contributed by atoms with van der Waals surface area (Å²) < 4.78 is 26.9. The molecule has 1 aromatic rings. The minimum Gasteiger partial charge on any atom is -0.348 e. The molecule has 0 saturated carbocycles. The normalized spacial score (nSPS) is 16.5. The highest BCUT2D eigenvalue weighted by molar-refractivity contribution is 7.90. The van der Waals surface area contributed by atoms with Gasteiger partial charge in [0.1, 0.15) is 5.71 Å². The van der Waals surface area contributed by atoms with Gasteiger partial charge in [-0.2, -0.15) is 12.8 Å². The lowest BCUT2D eigenvalue weighted by molar-refractivity contribution is -0.115. The fourth-order valence-corrected chi connectivity index (χ4v) is 2.81. The Bertz CT molecular complexity index is 603. The van der Waals surface area contributed by atoms with E-state index in [1.807, 2.05) is 0 Å². The predicted molar refractivity (Wildman–Crippen MR) is 63.4 cm³/mol. The zero-order valence-electron chi connectivity index (χ0n) is 9.47. The van der Waals surface area contributed by atoms with Gasteiger partial charge in [-0.15, -0.1) is 0 Å². The molecule has 1 aliphatic heterocycles. The van der Waals surface area contributed by atoms with Crippen molar-refractivity contribution in [1.29, 1.82) is 0 Å². The van der Waals surface area contributed by atoms with Crippen LogP contribution < -0.4 is 5.32 Å². The van der Waals surface area contributed by atoms with E-state index in [1.54, 1.807) is 32.0 Å². The van der Waals surface area contributed by atoms with Crippen LogP contribution >= 0.6 is 0 Å². The topological polar surface area (TPSA) is 75.6 Å². The average Bonchev–Trinajstić information content (AvgIpc) is 2.51. The van der Waals surface area contributed by atoms with Crippen molar-refractivity contribution in [2.24, 2.45) is 4.40 Å². The highest BCUT2D eigenvalue weighted by atomic mass is 32.2. The van der Waals surface area contributed by atoms with Crippen molar-refractivity contribution in [3.05, 3.63) is 29.8 Å². The van der Waals surface area contributed by atoms with E-state index in [-0.39, 0.29) is 16.6 Å². The summed E-state index contributed by atoms with van der Waals surface area (Å²) in [5, 5.41) is 2.63. The third-order valence-corrected chi connectivity index (χ3v) is 3.60. The lowest BCUT2D eigenvalue weighted by Crippen LogP contribution is -2.35. The second-order valence-electron chi connectivity index (χ2n) is 4.04. The monoisotopic (exact) mass is 252 g/mol. The summed E-state index contributed by atoms with van der Waals surface area (Å²) >= 11 is 0. The second-order valence-corrected chi connectivity index (χ2v) is 5.61. The first kappa shape index (κ1) is 11.8. The number of sulfonamides is 1. The number of amides is 1. The predicted octanol–water partition coefficient (Wildman–Crippen LogP) is 0.703. The Labute approximate surface area is 99.6 Å². The molecule has 90 valence electrons. The number of carbonyl (C=O) groups is 1.